The summed E-state index contributed by atoms with van der Waals surface area (Å²) in [6, 6.07) is 7.69. The molecule has 0 fully saturated rings. The van der Waals surface area contributed by atoms with E-state index in [1.54, 1.807) is 7.05 Å². The molecule has 0 aliphatic carbocycles. The molecule has 15 heavy (non-hydrogen) atoms. The number of benzene rings is 1. The smallest absolute Gasteiger partial charge is 0.260 e. The maximum atomic E-state index is 11.4. The highest BCUT2D eigenvalue weighted by atomic mass is 16.5. The van der Waals surface area contributed by atoms with E-state index < -0.39 is 6.10 Å². The van der Waals surface area contributed by atoms with Crippen molar-refractivity contribution in [1.29, 1.82) is 0 Å². The molecule has 0 aliphatic rings. The summed E-state index contributed by atoms with van der Waals surface area (Å²) in [5.74, 6) is 0.689. The molecule has 3 nitrogen and oxygen atoms in total. The van der Waals surface area contributed by atoms with Crippen LogP contribution in [0.3, 0.4) is 0 Å². The number of carbonyl (C=O) groups excluding carboxylic acids is 1. The van der Waals surface area contributed by atoms with Gasteiger partial charge in [0, 0.05) is 7.05 Å². The zero-order valence-electron chi connectivity index (χ0n) is 9.41. The van der Waals surface area contributed by atoms with Crippen LogP contribution in [-0.2, 0) is 4.79 Å². The Labute approximate surface area is 90.4 Å². The van der Waals surface area contributed by atoms with Gasteiger partial charge in [-0.15, -0.1) is 0 Å². The van der Waals surface area contributed by atoms with Crippen LogP contribution in [-0.4, -0.2) is 19.1 Å². The van der Waals surface area contributed by atoms with Crippen molar-refractivity contribution >= 4 is 5.91 Å². The number of rotatable bonds is 4. The molecule has 0 heterocycles. The Bertz CT molecular complexity index is 336. The maximum absolute atomic E-state index is 11.4. The lowest BCUT2D eigenvalue weighted by Crippen LogP contribution is -2.35. The van der Waals surface area contributed by atoms with Gasteiger partial charge in [0.2, 0.25) is 0 Å². The Morgan fingerprint density at radius 2 is 2.13 bits per heavy atom. The molecule has 82 valence electrons. The van der Waals surface area contributed by atoms with Crippen molar-refractivity contribution in [3.8, 4) is 5.75 Å². The number of ether oxygens (including phenoxy) is 1. The number of para-hydroxylation sites is 1. The first-order chi connectivity index (χ1) is 7.19. The van der Waals surface area contributed by atoms with Crippen molar-refractivity contribution < 1.29 is 9.53 Å². The molecule has 1 N–H and O–H groups in total. The molecule has 1 aromatic rings. The van der Waals surface area contributed by atoms with E-state index in [1.165, 1.54) is 0 Å². The van der Waals surface area contributed by atoms with Gasteiger partial charge in [0.25, 0.3) is 5.91 Å². The Kier molecular flexibility index (Phi) is 4.16. The molecule has 1 amide bonds. The fourth-order valence-electron chi connectivity index (χ4n) is 1.33. The minimum Gasteiger partial charge on any atom is -0.480 e. The van der Waals surface area contributed by atoms with E-state index in [0.29, 0.717) is 6.42 Å². The summed E-state index contributed by atoms with van der Waals surface area (Å²) in [6.45, 7) is 3.89. The van der Waals surface area contributed by atoms with Gasteiger partial charge in [-0.25, -0.2) is 0 Å². The van der Waals surface area contributed by atoms with Crippen LogP contribution in [0.25, 0.3) is 0 Å². The molecule has 0 aromatic heterocycles. The average molecular weight is 207 g/mol. The number of aryl methyl sites for hydroxylation is 1. The second-order valence-corrected chi connectivity index (χ2v) is 3.39. The van der Waals surface area contributed by atoms with Gasteiger partial charge in [-0.05, 0) is 25.0 Å². The normalized spacial score (nSPS) is 11.9. The number of hydrogen-bond donors (Lipinski definition) is 1. The fraction of sp³-hybridized carbons (Fsp3) is 0.417. The summed E-state index contributed by atoms with van der Waals surface area (Å²) in [5.41, 5.74) is 1.04. The van der Waals surface area contributed by atoms with Crippen LogP contribution < -0.4 is 10.1 Å². The summed E-state index contributed by atoms with van der Waals surface area (Å²) in [4.78, 5) is 11.4. The highest BCUT2D eigenvalue weighted by Gasteiger charge is 2.16. The monoisotopic (exact) mass is 207 g/mol. The fourth-order valence-corrected chi connectivity index (χ4v) is 1.33. The zero-order valence-corrected chi connectivity index (χ0v) is 9.41. The third-order valence-electron chi connectivity index (χ3n) is 2.27. The lowest BCUT2D eigenvalue weighted by atomic mass is 10.2. The van der Waals surface area contributed by atoms with E-state index in [-0.39, 0.29) is 5.91 Å². The lowest BCUT2D eigenvalue weighted by molar-refractivity contribution is -0.127. The highest BCUT2D eigenvalue weighted by Crippen LogP contribution is 2.18. The molecule has 1 atom stereocenters. The van der Waals surface area contributed by atoms with Gasteiger partial charge < -0.3 is 10.1 Å². The number of likely N-dealkylation sites (N-methyl/N-ethyl adjacent to an activating group) is 1. The molecular formula is C12H17NO2. The van der Waals surface area contributed by atoms with Gasteiger partial charge in [-0.2, -0.15) is 0 Å². The maximum Gasteiger partial charge on any atom is 0.260 e. The standard InChI is InChI=1S/C12H17NO2/c1-4-10(12(14)13-3)15-11-8-6-5-7-9(11)2/h5-8,10H,4H2,1-3H3,(H,13,14)/t10-/m1/s1. The van der Waals surface area contributed by atoms with E-state index >= 15 is 0 Å². The minimum absolute atomic E-state index is 0.0826. The second-order valence-electron chi connectivity index (χ2n) is 3.39. The molecule has 1 rings (SSSR count). The predicted octanol–water partition coefficient (Wildman–Crippen LogP) is 1.90. The van der Waals surface area contributed by atoms with E-state index in [4.69, 9.17) is 4.74 Å². The van der Waals surface area contributed by atoms with Crippen LogP contribution in [0, 0.1) is 6.92 Å². The van der Waals surface area contributed by atoms with Crippen LogP contribution in [0.2, 0.25) is 0 Å². The van der Waals surface area contributed by atoms with Crippen LogP contribution >= 0.6 is 0 Å². The van der Waals surface area contributed by atoms with Crippen LogP contribution in [0.1, 0.15) is 18.9 Å². The van der Waals surface area contributed by atoms with Crippen molar-refractivity contribution in [1.82, 2.24) is 5.32 Å². The molecule has 3 heteroatoms. The van der Waals surface area contributed by atoms with Crippen molar-refractivity contribution in [2.75, 3.05) is 7.05 Å². The SMILES string of the molecule is CC[C@@H](Oc1ccccc1C)C(=O)NC. The number of hydrogen-bond acceptors (Lipinski definition) is 2. The number of carbonyl (C=O) groups is 1. The molecule has 1 aromatic carbocycles. The highest BCUT2D eigenvalue weighted by molar-refractivity contribution is 5.80. The van der Waals surface area contributed by atoms with Gasteiger partial charge >= 0.3 is 0 Å². The Balaban J connectivity index is 2.75. The summed E-state index contributed by atoms with van der Waals surface area (Å²) in [6.07, 6.45) is 0.254. The van der Waals surface area contributed by atoms with E-state index in [9.17, 15) is 4.79 Å². The van der Waals surface area contributed by atoms with Gasteiger partial charge in [-0.1, -0.05) is 25.1 Å². The lowest BCUT2D eigenvalue weighted by Gasteiger charge is -2.17. The van der Waals surface area contributed by atoms with Crippen molar-refractivity contribution in [2.24, 2.45) is 0 Å². The predicted molar refractivity (Wildman–Crippen MR) is 60.0 cm³/mol. The van der Waals surface area contributed by atoms with Crippen molar-refractivity contribution in [3.63, 3.8) is 0 Å². The third-order valence-corrected chi connectivity index (χ3v) is 2.27. The van der Waals surface area contributed by atoms with Crippen LogP contribution in [0.5, 0.6) is 5.75 Å². The summed E-state index contributed by atoms with van der Waals surface area (Å²) >= 11 is 0. The first-order valence-electron chi connectivity index (χ1n) is 5.13. The molecule has 0 saturated carbocycles. The molecule has 0 spiro atoms. The largest absolute Gasteiger partial charge is 0.480 e. The third kappa shape index (κ3) is 2.98. The van der Waals surface area contributed by atoms with Gasteiger partial charge in [-0.3, -0.25) is 4.79 Å². The summed E-state index contributed by atoms with van der Waals surface area (Å²) < 4.78 is 5.64. The molecule has 0 aliphatic heterocycles. The van der Waals surface area contributed by atoms with Gasteiger partial charge in [0.1, 0.15) is 5.75 Å². The Hall–Kier alpha value is -1.51. The van der Waals surface area contributed by atoms with Crippen molar-refractivity contribution in [3.05, 3.63) is 29.8 Å². The average Bonchev–Trinajstić information content (AvgIpc) is 2.27. The second kappa shape index (κ2) is 5.39. The van der Waals surface area contributed by atoms with E-state index in [0.717, 1.165) is 11.3 Å². The topological polar surface area (TPSA) is 38.3 Å². The molecule has 0 unspecified atom stereocenters. The summed E-state index contributed by atoms with van der Waals surface area (Å²) in [5, 5.41) is 2.59. The number of amides is 1. The van der Waals surface area contributed by atoms with Crippen LogP contribution in [0.15, 0.2) is 24.3 Å². The van der Waals surface area contributed by atoms with Crippen molar-refractivity contribution in [2.45, 2.75) is 26.4 Å². The van der Waals surface area contributed by atoms with Gasteiger partial charge in [0.05, 0.1) is 0 Å². The molecule has 0 bridgehead atoms. The quantitative estimate of drug-likeness (QED) is 0.819. The Morgan fingerprint density at radius 1 is 1.47 bits per heavy atom. The Morgan fingerprint density at radius 3 is 2.67 bits per heavy atom. The van der Waals surface area contributed by atoms with Gasteiger partial charge in [0.15, 0.2) is 6.10 Å². The van der Waals surface area contributed by atoms with Crippen LogP contribution in [0.4, 0.5) is 0 Å². The zero-order chi connectivity index (χ0) is 11.3. The van der Waals surface area contributed by atoms with E-state index in [1.807, 2.05) is 38.1 Å². The molecule has 0 radical (unpaired) electrons. The summed E-state index contributed by atoms with van der Waals surface area (Å²) in [7, 11) is 1.62. The first-order valence-corrected chi connectivity index (χ1v) is 5.13. The first kappa shape index (κ1) is 11.6. The molecular weight excluding hydrogens is 190 g/mol. The molecule has 0 saturated heterocycles. The van der Waals surface area contributed by atoms with E-state index in [2.05, 4.69) is 5.32 Å². The number of nitrogens with one attached hydrogen (secondary N) is 1. The minimum atomic E-state index is -0.406.